The SMILES string of the molecule is O=C(NCC1C=C(C(F)(F)F)C=CC1)c1cnn(-c2ccc(F)cc2)c1C(F)(F)F. The number of hydrogen-bond donors (Lipinski definition) is 1. The molecule has 1 heterocycles. The average molecular weight is 433 g/mol. The molecule has 1 aliphatic carbocycles. The first kappa shape index (κ1) is 21.6. The Labute approximate surface area is 165 Å². The lowest BCUT2D eigenvalue weighted by molar-refractivity contribution is -0.143. The molecule has 3 rings (SSSR count). The smallest absolute Gasteiger partial charge is 0.351 e. The Morgan fingerprint density at radius 2 is 1.77 bits per heavy atom. The van der Waals surface area contributed by atoms with Gasteiger partial charge in [-0.25, -0.2) is 9.07 Å². The molecule has 1 aromatic carbocycles. The predicted octanol–water partition coefficient (Wildman–Crippen LogP) is 4.82. The second-order valence-electron chi connectivity index (χ2n) is 6.52. The second kappa shape index (κ2) is 7.96. The van der Waals surface area contributed by atoms with Crippen LogP contribution in [0.15, 0.2) is 54.3 Å². The first-order chi connectivity index (χ1) is 14.0. The highest BCUT2D eigenvalue weighted by molar-refractivity contribution is 5.95. The van der Waals surface area contributed by atoms with E-state index in [1.165, 1.54) is 6.08 Å². The van der Waals surface area contributed by atoms with E-state index in [9.17, 15) is 35.5 Å². The number of alkyl halides is 6. The van der Waals surface area contributed by atoms with Gasteiger partial charge >= 0.3 is 12.4 Å². The van der Waals surface area contributed by atoms with Gasteiger partial charge in [-0.3, -0.25) is 4.79 Å². The Morgan fingerprint density at radius 1 is 1.10 bits per heavy atom. The van der Waals surface area contributed by atoms with Crippen LogP contribution in [0.5, 0.6) is 0 Å². The summed E-state index contributed by atoms with van der Waals surface area (Å²) in [6, 6.07) is 4.02. The molecule has 1 unspecified atom stereocenters. The molecule has 4 nitrogen and oxygen atoms in total. The third-order valence-corrected chi connectivity index (χ3v) is 4.36. The molecular weight excluding hydrogens is 419 g/mol. The summed E-state index contributed by atoms with van der Waals surface area (Å²) in [6.07, 6.45) is -5.50. The van der Waals surface area contributed by atoms with Crippen molar-refractivity contribution in [1.29, 1.82) is 0 Å². The predicted molar refractivity (Wildman–Crippen MR) is 92.2 cm³/mol. The van der Waals surface area contributed by atoms with Gasteiger partial charge < -0.3 is 5.32 Å². The molecule has 1 N–H and O–H groups in total. The Balaban J connectivity index is 1.82. The first-order valence-electron chi connectivity index (χ1n) is 8.61. The summed E-state index contributed by atoms with van der Waals surface area (Å²) in [4.78, 5) is 12.3. The molecule has 11 heteroatoms. The van der Waals surface area contributed by atoms with E-state index in [0.717, 1.165) is 36.4 Å². The number of amides is 1. The molecule has 1 amide bonds. The molecule has 160 valence electrons. The Kier molecular flexibility index (Phi) is 5.73. The fourth-order valence-electron chi connectivity index (χ4n) is 2.96. The van der Waals surface area contributed by atoms with Crippen LogP contribution in [0.1, 0.15) is 22.5 Å². The van der Waals surface area contributed by atoms with Crippen molar-refractivity contribution in [2.24, 2.45) is 5.92 Å². The number of allylic oxidation sites excluding steroid dienone is 3. The molecule has 0 spiro atoms. The summed E-state index contributed by atoms with van der Waals surface area (Å²) >= 11 is 0. The summed E-state index contributed by atoms with van der Waals surface area (Å²) in [5, 5.41) is 5.81. The van der Waals surface area contributed by atoms with Gasteiger partial charge in [0.2, 0.25) is 0 Å². The van der Waals surface area contributed by atoms with E-state index in [4.69, 9.17) is 0 Å². The Bertz CT molecular complexity index is 985. The zero-order valence-electron chi connectivity index (χ0n) is 15.1. The van der Waals surface area contributed by atoms with Gasteiger partial charge in [-0.05, 0) is 36.6 Å². The van der Waals surface area contributed by atoms with E-state index in [1.54, 1.807) is 0 Å². The van der Waals surface area contributed by atoms with Crippen LogP contribution in [0.4, 0.5) is 30.7 Å². The number of rotatable bonds is 4. The topological polar surface area (TPSA) is 46.9 Å². The molecule has 0 saturated carbocycles. The van der Waals surface area contributed by atoms with Gasteiger partial charge in [0.1, 0.15) is 5.82 Å². The van der Waals surface area contributed by atoms with Crippen LogP contribution in [0.25, 0.3) is 5.69 Å². The summed E-state index contributed by atoms with van der Waals surface area (Å²) in [5.41, 5.74) is -3.16. The van der Waals surface area contributed by atoms with Crippen LogP contribution in [-0.2, 0) is 6.18 Å². The minimum Gasteiger partial charge on any atom is -0.351 e. The largest absolute Gasteiger partial charge is 0.434 e. The molecular formula is C19H14F7N3O. The number of aromatic nitrogens is 2. The molecule has 30 heavy (non-hydrogen) atoms. The second-order valence-corrected chi connectivity index (χ2v) is 6.52. The molecule has 0 saturated heterocycles. The van der Waals surface area contributed by atoms with Crippen molar-refractivity contribution < 1.29 is 35.5 Å². The van der Waals surface area contributed by atoms with E-state index >= 15 is 0 Å². The maximum atomic E-state index is 13.6. The van der Waals surface area contributed by atoms with Gasteiger partial charge in [0.05, 0.1) is 23.0 Å². The summed E-state index contributed by atoms with van der Waals surface area (Å²) in [7, 11) is 0. The van der Waals surface area contributed by atoms with Crippen molar-refractivity contribution in [3.05, 3.63) is 71.3 Å². The number of carbonyl (C=O) groups excluding carboxylic acids is 1. The summed E-state index contributed by atoms with van der Waals surface area (Å²) in [6.45, 7) is -0.290. The van der Waals surface area contributed by atoms with E-state index in [-0.39, 0.29) is 18.7 Å². The number of carbonyl (C=O) groups is 1. The van der Waals surface area contributed by atoms with Gasteiger partial charge in [0, 0.05) is 6.54 Å². The fraction of sp³-hybridized carbons (Fsp3) is 0.263. The van der Waals surface area contributed by atoms with Crippen molar-refractivity contribution >= 4 is 5.91 Å². The standard InChI is InChI=1S/C19H14F7N3O/c20-13-4-6-14(7-5-13)29-16(19(24,25)26)15(10-28-29)17(30)27-9-11-2-1-3-12(8-11)18(21,22)23/h1,3-8,10-11H,2,9H2,(H,27,30). The van der Waals surface area contributed by atoms with Crippen LogP contribution in [0, 0.1) is 11.7 Å². The number of halogens is 7. The third kappa shape index (κ3) is 4.71. The number of nitrogens with zero attached hydrogens (tertiary/aromatic N) is 2. The maximum Gasteiger partial charge on any atom is 0.434 e. The summed E-state index contributed by atoms with van der Waals surface area (Å²) in [5.74, 6) is -2.52. The van der Waals surface area contributed by atoms with Gasteiger partial charge in [0.25, 0.3) is 5.91 Å². The highest BCUT2D eigenvalue weighted by Crippen LogP contribution is 2.34. The zero-order valence-corrected chi connectivity index (χ0v) is 15.1. The monoisotopic (exact) mass is 433 g/mol. The molecule has 2 aromatic rings. The summed E-state index contributed by atoms with van der Waals surface area (Å²) < 4.78 is 92.6. The van der Waals surface area contributed by atoms with Crippen molar-refractivity contribution in [3.63, 3.8) is 0 Å². The van der Waals surface area contributed by atoms with Crippen LogP contribution in [0.3, 0.4) is 0 Å². The Morgan fingerprint density at radius 3 is 2.37 bits per heavy atom. The van der Waals surface area contributed by atoms with Crippen molar-refractivity contribution in [2.45, 2.75) is 18.8 Å². The van der Waals surface area contributed by atoms with Crippen LogP contribution >= 0.6 is 0 Å². The van der Waals surface area contributed by atoms with Crippen molar-refractivity contribution in [1.82, 2.24) is 15.1 Å². The number of nitrogens with one attached hydrogen (secondary N) is 1. The van der Waals surface area contributed by atoms with Crippen LogP contribution in [0.2, 0.25) is 0 Å². The Hall–Kier alpha value is -3.11. The highest BCUT2D eigenvalue weighted by atomic mass is 19.4. The van der Waals surface area contributed by atoms with Gasteiger partial charge in [0.15, 0.2) is 5.69 Å². The zero-order chi connectivity index (χ0) is 22.1. The minimum absolute atomic E-state index is 0.113. The normalized spacial score (nSPS) is 17.0. The fourth-order valence-corrected chi connectivity index (χ4v) is 2.96. The molecule has 1 atom stereocenters. The molecule has 0 radical (unpaired) electrons. The van der Waals surface area contributed by atoms with Crippen molar-refractivity contribution in [3.8, 4) is 5.69 Å². The van der Waals surface area contributed by atoms with Gasteiger partial charge in [-0.1, -0.05) is 18.2 Å². The van der Waals surface area contributed by atoms with E-state index < -0.39 is 46.8 Å². The highest BCUT2D eigenvalue weighted by Gasteiger charge is 2.40. The molecule has 0 aliphatic heterocycles. The lowest BCUT2D eigenvalue weighted by Crippen LogP contribution is -2.31. The van der Waals surface area contributed by atoms with Crippen molar-refractivity contribution in [2.75, 3.05) is 6.54 Å². The van der Waals surface area contributed by atoms with Crippen LogP contribution in [-0.4, -0.2) is 28.4 Å². The van der Waals surface area contributed by atoms with E-state index in [2.05, 4.69) is 10.4 Å². The van der Waals surface area contributed by atoms with E-state index in [0.29, 0.717) is 10.9 Å². The molecule has 1 aliphatic rings. The van der Waals surface area contributed by atoms with Gasteiger partial charge in [-0.2, -0.15) is 31.4 Å². The lowest BCUT2D eigenvalue weighted by atomic mass is 9.95. The van der Waals surface area contributed by atoms with E-state index in [1.807, 2.05) is 0 Å². The van der Waals surface area contributed by atoms with Crippen LogP contribution < -0.4 is 5.32 Å². The molecule has 1 aromatic heterocycles. The lowest BCUT2D eigenvalue weighted by Gasteiger charge is -2.19. The molecule has 0 bridgehead atoms. The average Bonchev–Trinajstić information content (AvgIpc) is 3.12. The number of hydrogen-bond acceptors (Lipinski definition) is 2. The van der Waals surface area contributed by atoms with Gasteiger partial charge in [-0.15, -0.1) is 0 Å². The maximum absolute atomic E-state index is 13.6. The number of benzene rings is 1. The molecule has 0 fully saturated rings. The third-order valence-electron chi connectivity index (χ3n) is 4.36. The quantitative estimate of drug-likeness (QED) is 0.703. The minimum atomic E-state index is -4.96. The first-order valence-corrected chi connectivity index (χ1v) is 8.61.